The second-order valence-electron chi connectivity index (χ2n) is 19.5. The van der Waals surface area contributed by atoms with Gasteiger partial charge >= 0.3 is 17.9 Å². The zero-order valence-electron chi connectivity index (χ0n) is 46.9. The van der Waals surface area contributed by atoms with E-state index in [1.54, 1.807) is 0 Å². The predicted octanol–water partition coefficient (Wildman–Crippen LogP) is 20.3. The maximum Gasteiger partial charge on any atom is 0.306 e. The molecule has 410 valence electrons. The lowest BCUT2D eigenvalue weighted by atomic mass is 10.1. The normalized spacial score (nSPS) is 12.9. The number of carbonyl (C=O) groups excluding carboxylic acids is 3. The average Bonchev–Trinajstić information content (AvgIpc) is 3.38. The van der Waals surface area contributed by atoms with Gasteiger partial charge < -0.3 is 14.2 Å². The van der Waals surface area contributed by atoms with Crippen molar-refractivity contribution in [3.63, 3.8) is 0 Å². The van der Waals surface area contributed by atoms with Gasteiger partial charge in [0, 0.05) is 19.3 Å². The van der Waals surface area contributed by atoms with Gasteiger partial charge in [-0.05, 0) is 128 Å². The van der Waals surface area contributed by atoms with Crippen molar-refractivity contribution in [3.05, 3.63) is 109 Å². The first-order valence-electron chi connectivity index (χ1n) is 29.9. The monoisotopic (exact) mass is 999 g/mol. The third kappa shape index (κ3) is 57.0. The maximum absolute atomic E-state index is 12.9. The highest BCUT2D eigenvalue weighted by Crippen LogP contribution is 2.14. The summed E-state index contributed by atoms with van der Waals surface area (Å²) in [6.45, 7) is 6.46. The van der Waals surface area contributed by atoms with E-state index in [9.17, 15) is 14.4 Å². The number of hydrogen-bond donors (Lipinski definition) is 0. The van der Waals surface area contributed by atoms with Crippen molar-refractivity contribution in [1.29, 1.82) is 0 Å². The molecule has 1 atom stereocenters. The van der Waals surface area contributed by atoms with Crippen molar-refractivity contribution in [1.82, 2.24) is 0 Å². The molecule has 0 N–H and O–H groups in total. The van der Waals surface area contributed by atoms with Crippen LogP contribution in [0.5, 0.6) is 0 Å². The van der Waals surface area contributed by atoms with E-state index in [-0.39, 0.29) is 31.1 Å². The Hall–Kier alpha value is -3.93. The van der Waals surface area contributed by atoms with E-state index in [4.69, 9.17) is 14.2 Å². The lowest BCUT2D eigenvalue weighted by Crippen LogP contribution is -2.30. The quantitative estimate of drug-likeness (QED) is 0.0261. The standard InChI is InChI=1S/C66H110O6/c1-4-7-10-13-16-19-22-25-27-29-30-31-32-33-34-35-36-38-39-41-44-47-50-53-56-59-65(68)71-62-63(61-70-64(67)58-55-52-49-46-43-24-21-18-15-12-9-6-3)72-66(69)60-57-54-51-48-45-42-40-37-28-26-23-20-17-14-11-8-5-2/h7,10,16,18-19,21,25-28,30-31,33-34,36,38,41,44,63H,4-6,8-9,11-15,17,20,22-24,29,32,35,37,39-40,42-43,45-62H2,1-3H3/b10-7-,19-16-,21-18-,27-25-,28-26-,31-30-,34-33-,38-36-,44-41-. The number of hydrogen-bond acceptors (Lipinski definition) is 6. The second kappa shape index (κ2) is 59.6. The van der Waals surface area contributed by atoms with Crippen molar-refractivity contribution in [2.75, 3.05) is 13.2 Å². The summed E-state index contributed by atoms with van der Waals surface area (Å²) in [6, 6.07) is 0. The van der Waals surface area contributed by atoms with Crippen LogP contribution < -0.4 is 0 Å². The summed E-state index contributed by atoms with van der Waals surface area (Å²) in [4.78, 5) is 38.2. The molecule has 0 aromatic rings. The number of esters is 3. The number of rotatable bonds is 53. The number of unbranched alkanes of at least 4 members (excludes halogenated alkanes) is 24. The van der Waals surface area contributed by atoms with E-state index in [2.05, 4.69) is 130 Å². The Kier molecular flexibility index (Phi) is 56.4. The van der Waals surface area contributed by atoms with Crippen LogP contribution in [0, 0.1) is 0 Å². The summed E-state index contributed by atoms with van der Waals surface area (Å²) >= 11 is 0. The van der Waals surface area contributed by atoms with Gasteiger partial charge in [-0.3, -0.25) is 14.4 Å². The first kappa shape index (κ1) is 68.1. The van der Waals surface area contributed by atoms with Gasteiger partial charge in [-0.25, -0.2) is 0 Å². The fourth-order valence-electron chi connectivity index (χ4n) is 8.00. The van der Waals surface area contributed by atoms with Gasteiger partial charge in [0.15, 0.2) is 6.10 Å². The Morgan fingerprint density at radius 2 is 0.542 bits per heavy atom. The lowest BCUT2D eigenvalue weighted by molar-refractivity contribution is -0.167. The molecule has 0 amide bonds. The Morgan fingerprint density at radius 3 is 0.903 bits per heavy atom. The van der Waals surface area contributed by atoms with Crippen molar-refractivity contribution in [2.24, 2.45) is 0 Å². The summed E-state index contributed by atoms with van der Waals surface area (Å²) < 4.78 is 16.8. The Bertz CT molecular complexity index is 1470. The zero-order chi connectivity index (χ0) is 52.2. The minimum absolute atomic E-state index is 0.0957. The average molecular weight is 1000 g/mol. The van der Waals surface area contributed by atoms with Gasteiger partial charge in [0.2, 0.25) is 0 Å². The highest BCUT2D eigenvalue weighted by Gasteiger charge is 2.19. The van der Waals surface area contributed by atoms with Crippen molar-refractivity contribution in [3.8, 4) is 0 Å². The van der Waals surface area contributed by atoms with Gasteiger partial charge in [0.05, 0.1) is 0 Å². The molecule has 0 aromatic heterocycles. The molecule has 6 nitrogen and oxygen atoms in total. The van der Waals surface area contributed by atoms with Crippen LogP contribution in [0.2, 0.25) is 0 Å². The highest BCUT2D eigenvalue weighted by atomic mass is 16.6. The van der Waals surface area contributed by atoms with E-state index in [0.29, 0.717) is 19.3 Å². The molecular formula is C66H110O6. The molecule has 0 saturated carbocycles. The third-order valence-electron chi connectivity index (χ3n) is 12.5. The van der Waals surface area contributed by atoms with E-state index < -0.39 is 6.10 Å². The topological polar surface area (TPSA) is 78.9 Å². The van der Waals surface area contributed by atoms with Crippen LogP contribution in [0.15, 0.2) is 109 Å². The summed E-state index contributed by atoms with van der Waals surface area (Å²) in [5, 5.41) is 0. The molecule has 72 heavy (non-hydrogen) atoms. The van der Waals surface area contributed by atoms with E-state index in [0.717, 1.165) is 122 Å². The molecule has 0 aliphatic rings. The molecule has 0 heterocycles. The van der Waals surface area contributed by atoms with Crippen LogP contribution in [0.4, 0.5) is 0 Å². The summed E-state index contributed by atoms with van der Waals surface area (Å²) in [5.74, 6) is -0.941. The molecule has 0 aliphatic heterocycles. The minimum atomic E-state index is -0.799. The van der Waals surface area contributed by atoms with Crippen molar-refractivity contribution >= 4 is 17.9 Å². The van der Waals surface area contributed by atoms with Crippen LogP contribution in [0.3, 0.4) is 0 Å². The van der Waals surface area contributed by atoms with E-state index in [1.165, 1.54) is 109 Å². The largest absolute Gasteiger partial charge is 0.462 e. The summed E-state index contributed by atoms with van der Waals surface area (Å²) in [5.41, 5.74) is 0. The molecule has 0 fully saturated rings. The zero-order valence-corrected chi connectivity index (χ0v) is 46.9. The summed E-state index contributed by atoms with van der Waals surface area (Å²) in [6.07, 6.45) is 80.8. The first-order valence-corrected chi connectivity index (χ1v) is 29.9. The Balaban J connectivity index is 4.42. The van der Waals surface area contributed by atoms with Crippen molar-refractivity contribution < 1.29 is 28.6 Å². The van der Waals surface area contributed by atoms with Crippen LogP contribution in [0.25, 0.3) is 0 Å². The maximum atomic E-state index is 12.9. The molecule has 0 bridgehead atoms. The molecule has 0 aromatic carbocycles. The van der Waals surface area contributed by atoms with Gasteiger partial charge in [-0.1, -0.05) is 233 Å². The fraction of sp³-hybridized carbons (Fsp3) is 0.682. The molecule has 1 unspecified atom stereocenters. The molecule has 0 rings (SSSR count). The van der Waals surface area contributed by atoms with Gasteiger partial charge in [-0.15, -0.1) is 0 Å². The van der Waals surface area contributed by atoms with Gasteiger partial charge in [-0.2, -0.15) is 0 Å². The molecule has 0 spiro atoms. The van der Waals surface area contributed by atoms with E-state index >= 15 is 0 Å². The molecule has 0 saturated heterocycles. The fourth-order valence-corrected chi connectivity index (χ4v) is 8.00. The van der Waals surface area contributed by atoms with Gasteiger partial charge in [0.1, 0.15) is 13.2 Å². The lowest BCUT2D eigenvalue weighted by Gasteiger charge is -2.18. The number of ether oxygens (including phenoxy) is 3. The SMILES string of the molecule is CC/C=C\C/C=C\C/C=C\C/C=C\C/C=C\C/C=C\C/C=C\CCCCCC(=O)OCC(COC(=O)CCCCCCC/C=C\CCCCC)OC(=O)CCCCCCCCC/C=C\CCCCCCCC. The van der Waals surface area contributed by atoms with Crippen LogP contribution in [-0.4, -0.2) is 37.2 Å². The minimum Gasteiger partial charge on any atom is -0.462 e. The Morgan fingerprint density at radius 1 is 0.292 bits per heavy atom. The van der Waals surface area contributed by atoms with Crippen LogP contribution in [0.1, 0.15) is 271 Å². The Labute approximate surface area is 444 Å². The van der Waals surface area contributed by atoms with Crippen LogP contribution in [-0.2, 0) is 28.6 Å². The van der Waals surface area contributed by atoms with Gasteiger partial charge in [0.25, 0.3) is 0 Å². The first-order chi connectivity index (χ1) is 35.5. The molecular weight excluding hydrogens is 889 g/mol. The third-order valence-corrected chi connectivity index (χ3v) is 12.5. The van der Waals surface area contributed by atoms with Crippen molar-refractivity contribution in [2.45, 2.75) is 277 Å². The summed E-state index contributed by atoms with van der Waals surface area (Å²) in [7, 11) is 0. The highest BCUT2D eigenvalue weighted by molar-refractivity contribution is 5.71. The number of allylic oxidation sites excluding steroid dienone is 18. The van der Waals surface area contributed by atoms with Crippen LogP contribution >= 0.6 is 0 Å². The van der Waals surface area contributed by atoms with E-state index in [1.807, 2.05) is 0 Å². The smallest absolute Gasteiger partial charge is 0.306 e. The molecule has 0 radical (unpaired) electrons. The molecule has 0 aliphatic carbocycles. The second-order valence-corrected chi connectivity index (χ2v) is 19.5. The molecule has 6 heteroatoms. The number of carbonyl (C=O) groups is 3. The predicted molar refractivity (Wildman–Crippen MR) is 311 cm³/mol.